The average Bonchev–Trinajstić information content (AvgIpc) is 2.39. The molecule has 2 nitrogen and oxygen atoms in total. The Morgan fingerprint density at radius 3 is 2.21 bits per heavy atom. The van der Waals surface area contributed by atoms with E-state index in [2.05, 4.69) is 39.8 Å². The Morgan fingerprint density at radius 1 is 1.16 bits per heavy atom. The van der Waals surface area contributed by atoms with Crippen molar-refractivity contribution < 1.29 is 4.79 Å². The van der Waals surface area contributed by atoms with Gasteiger partial charge < -0.3 is 4.90 Å². The number of carbonyl (C=O) groups is 1. The predicted octanol–water partition coefficient (Wildman–Crippen LogP) is 3.93. The lowest BCUT2D eigenvalue weighted by molar-refractivity contribution is -0.133. The quantitative estimate of drug-likeness (QED) is 0.759. The summed E-state index contributed by atoms with van der Waals surface area (Å²) in [5.74, 6) is 1.09. The van der Waals surface area contributed by atoms with Gasteiger partial charge in [0.05, 0.1) is 5.92 Å². The third-order valence-electron chi connectivity index (χ3n) is 3.65. The normalized spacial score (nSPS) is 14.2. The van der Waals surface area contributed by atoms with Gasteiger partial charge in [0, 0.05) is 13.6 Å². The van der Waals surface area contributed by atoms with E-state index in [4.69, 9.17) is 0 Å². The summed E-state index contributed by atoms with van der Waals surface area (Å²) in [6.45, 7) is 9.42. The van der Waals surface area contributed by atoms with Gasteiger partial charge in [-0.1, -0.05) is 64.4 Å². The van der Waals surface area contributed by atoms with Crippen LogP contribution < -0.4 is 0 Å². The maximum atomic E-state index is 12.7. The van der Waals surface area contributed by atoms with Gasteiger partial charge in [-0.05, 0) is 17.4 Å². The molecule has 2 atom stereocenters. The largest absolute Gasteiger partial charge is 0.345 e. The minimum atomic E-state index is -0.0186. The number of carbonyl (C=O) groups excluding carboxylic acids is 1. The zero-order valence-corrected chi connectivity index (χ0v) is 12.9. The van der Waals surface area contributed by atoms with Crippen LogP contribution in [0.1, 0.15) is 45.6 Å². The number of benzene rings is 1. The van der Waals surface area contributed by atoms with Gasteiger partial charge in [-0.25, -0.2) is 0 Å². The Labute approximate surface area is 117 Å². The maximum Gasteiger partial charge on any atom is 0.230 e. The molecule has 0 aliphatic rings. The molecular formula is C17H27NO. The zero-order valence-electron chi connectivity index (χ0n) is 12.9. The van der Waals surface area contributed by atoms with Gasteiger partial charge in [0.2, 0.25) is 5.91 Å². The summed E-state index contributed by atoms with van der Waals surface area (Å²) in [5.41, 5.74) is 1.14. The summed E-state index contributed by atoms with van der Waals surface area (Å²) >= 11 is 0. The first-order valence-electron chi connectivity index (χ1n) is 7.27. The van der Waals surface area contributed by atoms with Crippen LogP contribution in [0.5, 0.6) is 0 Å². The maximum absolute atomic E-state index is 12.7. The third kappa shape index (κ3) is 4.38. The first-order chi connectivity index (χ1) is 8.97. The number of rotatable bonds is 6. The van der Waals surface area contributed by atoms with Crippen LogP contribution in [0, 0.1) is 11.8 Å². The number of hydrogen-bond donors (Lipinski definition) is 0. The van der Waals surface area contributed by atoms with Gasteiger partial charge in [-0.15, -0.1) is 0 Å². The van der Waals surface area contributed by atoms with Crippen LogP contribution in [0.3, 0.4) is 0 Å². The highest BCUT2D eigenvalue weighted by molar-refractivity contribution is 5.83. The minimum absolute atomic E-state index is 0.0186. The van der Waals surface area contributed by atoms with Crippen molar-refractivity contribution in [2.24, 2.45) is 11.8 Å². The molecule has 0 aromatic heterocycles. The average molecular weight is 261 g/mol. The molecule has 19 heavy (non-hydrogen) atoms. The Balaban J connectivity index is 2.95. The SMILES string of the molecule is CCC(C)C(C(=O)N(C)CC(C)C)c1ccccc1. The van der Waals surface area contributed by atoms with E-state index in [1.807, 2.05) is 30.1 Å². The first-order valence-corrected chi connectivity index (χ1v) is 7.27. The molecule has 1 amide bonds. The summed E-state index contributed by atoms with van der Waals surface area (Å²) < 4.78 is 0. The van der Waals surface area contributed by atoms with Crippen LogP contribution >= 0.6 is 0 Å². The van der Waals surface area contributed by atoms with Crippen molar-refractivity contribution in [1.29, 1.82) is 0 Å². The molecule has 0 aliphatic heterocycles. The molecule has 1 aromatic carbocycles. The molecule has 0 saturated heterocycles. The molecule has 0 aliphatic carbocycles. The summed E-state index contributed by atoms with van der Waals surface area (Å²) in [6.07, 6.45) is 1.01. The van der Waals surface area contributed by atoms with Crippen molar-refractivity contribution in [2.75, 3.05) is 13.6 Å². The Kier molecular flexibility index (Phi) is 6.07. The highest BCUT2D eigenvalue weighted by Gasteiger charge is 2.28. The van der Waals surface area contributed by atoms with Gasteiger partial charge in [-0.3, -0.25) is 4.79 Å². The molecule has 0 fully saturated rings. The van der Waals surface area contributed by atoms with Gasteiger partial charge in [0.25, 0.3) is 0 Å². The van der Waals surface area contributed by atoms with Crippen LogP contribution in [0.4, 0.5) is 0 Å². The van der Waals surface area contributed by atoms with Gasteiger partial charge >= 0.3 is 0 Å². The summed E-state index contributed by atoms with van der Waals surface area (Å²) in [6, 6.07) is 10.2. The molecule has 0 heterocycles. The molecule has 0 bridgehead atoms. The standard InChI is InChI=1S/C17H27NO/c1-6-14(4)16(15-10-8-7-9-11-15)17(19)18(5)12-13(2)3/h7-11,13-14,16H,6,12H2,1-5H3. The van der Waals surface area contributed by atoms with Crippen LogP contribution in [0.25, 0.3) is 0 Å². The van der Waals surface area contributed by atoms with Crippen LogP contribution in [0.2, 0.25) is 0 Å². The molecule has 2 unspecified atom stereocenters. The lowest BCUT2D eigenvalue weighted by Crippen LogP contribution is -2.36. The van der Waals surface area contributed by atoms with E-state index in [0.717, 1.165) is 18.5 Å². The topological polar surface area (TPSA) is 20.3 Å². The molecule has 1 rings (SSSR count). The number of amides is 1. The highest BCUT2D eigenvalue weighted by Crippen LogP contribution is 2.28. The summed E-state index contributed by atoms with van der Waals surface area (Å²) in [7, 11) is 1.92. The Hall–Kier alpha value is -1.31. The molecular weight excluding hydrogens is 234 g/mol. The lowest BCUT2D eigenvalue weighted by Gasteiger charge is -2.29. The number of likely N-dealkylation sites (N-methyl/N-ethyl adjacent to an activating group) is 1. The van der Waals surface area contributed by atoms with Crippen LogP contribution in [-0.2, 0) is 4.79 Å². The molecule has 0 spiro atoms. The molecule has 0 radical (unpaired) electrons. The van der Waals surface area contributed by atoms with E-state index < -0.39 is 0 Å². The number of hydrogen-bond acceptors (Lipinski definition) is 1. The van der Waals surface area contributed by atoms with Crippen molar-refractivity contribution >= 4 is 5.91 Å². The van der Waals surface area contributed by atoms with Crippen LogP contribution in [-0.4, -0.2) is 24.4 Å². The fraction of sp³-hybridized carbons (Fsp3) is 0.588. The van der Waals surface area contributed by atoms with Crippen molar-refractivity contribution in [1.82, 2.24) is 4.90 Å². The van der Waals surface area contributed by atoms with E-state index >= 15 is 0 Å². The first kappa shape index (κ1) is 15.7. The van der Waals surface area contributed by atoms with Gasteiger partial charge in [-0.2, -0.15) is 0 Å². The van der Waals surface area contributed by atoms with E-state index in [-0.39, 0.29) is 11.8 Å². The Bertz CT molecular complexity index is 386. The second-order valence-electron chi connectivity index (χ2n) is 5.89. The van der Waals surface area contributed by atoms with E-state index in [9.17, 15) is 4.79 Å². The second-order valence-corrected chi connectivity index (χ2v) is 5.89. The van der Waals surface area contributed by atoms with Crippen LogP contribution in [0.15, 0.2) is 30.3 Å². The molecule has 2 heteroatoms. The van der Waals surface area contributed by atoms with Crippen molar-refractivity contribution in [3.05, 3.63) is 35.9 Å². The fourth-order valence-electron chi connectivity index (χ4n) is 2.49. The summed E-state index contributed by atoms with van der Waals surface area (Å²) in [4.78, 5) is 14.6. The second kappa shape index (κ2) is 7.32. The molecule has 0 N–H and O–H groups in total. The number of nitrogens with zero attached hydrogens (tertiary/aromatic N) is 1. The van der Waals surface area contributed by atoms with E-state index in [1.54, 1.807) is 0 Å². The molecule has 0 saturated carbocycles. The van der Waals surface area contributed by atoms with Crippen molar-refractivity contribution in [2.45, 2.75) is 40.0 Å². The van der Waals surface area contributed by atoms with E-state index in [0.29, 0.717) is 11.8 Å². The third-order valence-corrected chi connectivity index (χ3v) is 3.65. The highest BCUT2D eigenvalue weighted by atomic mass is 16.2. The Morgan fingerprint density at radius 2 is 1.74 bits per heavy atom. The van der Waals surface area contributed by atoms with E-state index in [1.165, 1.54) is 0 Å². The minimum Gasteiger partial charge on any atom is -0.345 e. The molecule has 106 valence electrons. The molecule has 1 aromatic rings. The van der Waals surface area contributed by atoms with Gasteiger partial charge in [0.1, 0.15) is 0 Å². The smallest absolute Gasteiger partial charge is 0.230 e. The van der Waals surface area contributed by atoms with Gasteiger partial charge in [0.15, 0.2) is 0 Å². The lowest BCUT2D eigenvalue weighted by atomic mass is 9.84. The van der Waals surface area contributed by atoms with Crippen molar-refractivity contribution in [3.63, 3.8) is 0 Å². The zero-order chi connectivity index (χ0) is 14.4. The monoisotopic (exact) mass is 261 g/mol. The van der Waals surface area contributed by atoms with Crippen molar-refractivity contribution in [3.8, 4) is 0 Å². The fourth-order valence-corrected chi connectivity index (χ4v) is 2.49. The predicted molar refractivity (Wildman–Crippen MR) is 81.1 cm³/mol. The summed E-state index contributed by atoms with van der Waals surface area (Å²) in [5, 5.41) is 0.